The Kier molecular flexibility index (Phi) is 4.74. The molecule has 16 heavy (non-hydrogen) atoms. The van der Waals surface area contributed by atoms with Gasteiger partial charge >= 0.3 is 5.97 Å². The Morgan fingerprint density at radius 1 is 1.62 bits per heavy atom. The van der Waals surface area contributed by atoms with Gasteiger partial charge in [-0.05, 0) is 25.2 Å². The number of hydrogen-bond donors (Lipinski definition) is 2. The maximum atomic E-state index is 11.4. The summed E-state index contributed by atoms with van der Waals surface area (Å²) in [6.45, 7) is 2.29. The zero-order chi connectivity index (χ0) is 12.2. The lowest BCUT2D eigenvalue weighted by Crippen LogP contribution is -2.39. The first-order valence-electron chi connectivity index (χ1n) is 5.90. The Labute approximate surface area is 96.6 Å². The Morgan fingerprint density at radius 2 is 2.31 bits per heavy atom. The summed E-state index contributed by atoms with van der Waals surface area (Å²) >= 11 is 0. The lowest BCUT2D eigenvalue weighted by molar-refractivity contribution is -0.155. The van der Waals surface area contributed by atoms with Crippen molar-refractivity contribution in [3.63, 3.8) is 0 Å². The zero-order valence-corrected chi connectivity index (χ0v) is 10.1. The summed E-state index contributed by atoms with van der Waals surface area (Å²) in [4.78, 5) is 11.4. The van der Waals surface area contributed by atoms with E-state index < -0.39 is 17.5 Å². The van der Waals surface area contributed by atoms with Gasteiger partial charge in [0, 0.05) is 7.11 Å². The Balaban J connectivity index is 2.68. The second-order valence-electron chi connectivity index (χ2n) is 5.10. The van der Waals surface area contributed by atoms with Crippen LogP contribution in [0.4, 0.5) is 0 Å². The maximum Gasteiger partial charge on any atom is 0.309 e. The monoisotopic (exact) mass is 230 g/mol. The molecule has 0 bridgehead atoms. The molecule has 0 heterocycles. The van der Waals surface area contributed by atoms with Gasteiger partial charge in [0.25, 0.3) is 0 Å². The van der Waals surface area contributed by atoms with Crippen molar-refractivity contribution >= 4 is 5.97 Å². The Morgan fingerprint density at radius 3 is 2.81 bits per heavy atom. The summed E-state index contributed by atoms with van der Waals surface area (Å²) in [5, 5.41) is 19.1. The number of carboxylic acids is 1. The van der Waals surface area contributed by atoms with E-state index in [-0.39, 0.29) is 6.61 Å². The molecule has 0 aromatic rings. The molecule has 0 spiro atoms. The molecule has 3 unspecified atom stereocenters. The Bertz CT molecular complexity index is 241. The molecule has 3 atom stereocenters. The van der Waals surface area contributed by atoms with Crippen LogP contribution in [0.15, 0.2) is 0 Å². The van der Waals surface area contributed by atoms with Crippen LogP contribution in [0.1, 0.15) is 39.0 Å². The van der Waals surface area contributed by atoms with Gasteiger partial charge in [0.15, 0.2) is 0 Å². The summed E-state index contributed by atoms with van der Waals surface area (Å²) in [5.74, 6) is -0.339. The van der Waals surface area contributed by atoms with E-state index in [2.05, 4.69) is 6.92 Å². The fraction of sp³-hybridized carbons (Fsp3) is 0.917. The average Bonchev–Trinajstić information content (AvgIpc) is 2.17. The molecule has 0 saturated heterocycles. The predicted octanol–water partition coefficient (Wildman–Crippen LogP) is 1.66. The highest BCUT2D eigenvalue weighted by Crippen LogP contribution is 2.43. The van der Waals surface area contributed by atoms with Gasteiger partial charge in [-0.25, -0.2) is 0 Å². The van der Waals surface area contributed by atoms with Crippen molar-refractivity contribution in [3.8, 4) is 0 Å². The van der Waals surface area contributed by atoms with Gasteiger partial charge in [0.1, 0.15) is 0 Å². The van der Waals surface area contributed by atoms with E-state index in [9.17, 15) is 15.0 Å². The zero-order valence-electron chi connectivity index (χ0n) is 10.1. The van der Waals surface area contributed by atoms with Crippen molar-refractivity contribution in [1.29, 1.82) is 0 Å². The first kappa shape index (κ1) is 13.5. The second-order valence-corrected chi connectivity index (χ2v) is 5.10. The maximum absolute atomic E-state index is 11.4. The number of aliphatic carboxylic acids is 1. The van der Waals surface area contributed by atoms with E-state index >= 15 is 0 Å². The molecule has 0 aromatic heterocycles. The fourth-order valence-corrected chi connectivity index (χ4v) is 2.83. The third kappa shape index (κ3) is 3.19. The standard InChI is InChI=1S/C12H22O4/c1-9-4-3-5-12(6-9,11(14)15)7-10(13)8-16-2/h9-10,13H,3-8H2,1-2H3,(H,14,15). The highest BCUT2D eigenvalue weighted by Gasteiger charge is 2.43. The molecule has 0 aromatic carbocycles. The van der Waals surface area contributed by atoms with Crippen molar-refractivity contribution < 1.29 is 19.7 Å². The number of hydrogen-bond acceptors (Lipinski definition) is 3. The van der Waals surface area contributed by atoms with Crippen molar-refractivity contribution in [2.75, 3.05) is 13.7 Å². The summed E-state index contributed by atoms with van der Waals surface area (Å²) in [7, 11) is 1.51. The van der Waals surface area contributed by atoms with E-state index in [1.807, 2.05) is 0 Å². The minimum atomic E-state index is -0.769. The van der Waals surface area contributed by atoms with Crippen LogP contribution in [0.5, 0.6) is 0 Å². The van der Waals surface area contributed by atoms with Gasteiger partial charge in [-0.2, -0.15) is 0 Å². The van der Waals surface area contributed by atoms with Crippen molar-refractivity contribution in [3.05, 3.63) is 0 Å². The second kappa shape index (κ2) is 5.64. The molecule has 0 radical (unpaired) electrons. The fourth-order valence-electron chi connectivity index (χ4n) is 2.83. The lowest BCUT2D eigenvalue weighted by Gasteiger charge is -2.37. The van der Waals surface area contributed by atoms with Crippen LogP contribution in [-0.4, -0.2) is 36.0 Å². The van der Waals surface area contributed by atoms with Crippen LogP contribution < -0.4 is 0 Å². The highest BCUT2D eigenvalue weighted by molar-refractivity contribution is 5.74. The molecule has 0 amide bonds. The quantitative estimate of drug-likeness (QED) is 0.754. The molecule has 0 aliphatic heterocycles. The number of aliphatic hydroxyl groups excluding tert-OH is 1. The van der Waals surface area contributed by atoms with E-state index in [0.29, 0.717) is 25.2 Å². The number of aliphatic hydroxyl groups is 1. The van der Waals surface area contributed by atoms with Gasteiger partial charge < -0.3 is 14.9 Å². The van der Waals surface area contributed by atoms with Gasteiger partial charge in [0.05, 0.1) is 18.1 Å². The van der Waals surface area contributed by atoms with Crippen LogP contribution in [0, 0.1) is 11.3 Å². The number of carboxylic acid groups (broad SMARTS) is 1. The average molecular weight is 230 g/mol. The normalized spacial score (nSPS) is 32.3. The van der Waals surface area contributed by atoms with Crippen molar-refractivity contribution in [1.82, 2.24) is 0 Å². The molecule has 1 saturated carbocycles. The van der Waals surface area contributed by atoms with E-state index in [0.717, 1.165) is 12.8 Å². The SMILES string of the molecule is COCC(O)CC1(C(=O)O)CCCC(C)C1. The highest BCUT2D eigenvalue weighted by atomic mass is 16.5. The van der Waals surface area contributed by atoms with Gasteiger partial charge in [0.2, 0.25) is 0 Å². The first-order valence-corrected chi connectivity index (χ1v) is 5.90. The van der Waals surface area contributed by atoms with Crippen molar-refractivity contribution in [2.24, 2.45) is 11.3 Å². The van der Waals surface area contributed by atoms with E-state index in [1.165, 1.54) is 7.11 Å². The molecule has 4 heteroatoms. The summed E-state index contributed by atoms with van der Waals surface area (Å²) in [5.41, 5.74) is -0.740. The molecule has 2 N–H and O–H groups in total. The molecule has 1 rings (SSSR count). The molecule has 1 aliphatic carbocycles. The molecule has 1 fully saturated rings. The van der Waals surface area contributed by atoms with Crippen LogP contribution in [0.3, 0.4) is 0 Å². The number of methoxy groups -OCH3 is 1. The third-order valence-electron chi connectivity index (χ3n) is 3.53. The smallest absolute Gasteiger partial charge is 0.309 e. The van der Waals surface area contributed by atoms with Gasteiger partial charge in [-0.3, -0.25) is 4.79 Å². The predicted molar refractivity (Wildman–Crippen MR) is 60.2 cm³/mol. The lowest BCUT2D eigenvalue weighted by atomic mass is 9.67. The van der Waals surface area contributed by atoms with Gasteiger partial charge in [-0.15, -0.1) is 0 Å². The van der Waals surface area contributed by atoms with Crippen LogP contribution >= 0.6 is 0 Å². The summed E-state index contributed by atoms with van der Waals surface area (Å²) in [6.07, 6.45) is 3.01. The molecular weight excluding hydrogens is 208 g/mol. The topological polar surface area (TPSA) is 66.8 Å². The van der Waals surface area contributed by atoms with Gasteiger partial charge in [-0.1, -0.05) is 19.8 Å². The van der Waals surface area contributed by atoms with E-state index in [4.69, 9.17) is 4.74 Å². The Hall–Kier alpha value is -0.610. The first-order chi connectivity index (χ1) is 7.50. The third-order valence-corrected chi connectivity index (χ3v) is 3.53. The molecule has 4 nitrogen and oxygen atoms in total. The minimum absolute atomic E-state index is 0.212. The minimum Gasteiger partial charge on any atom is -0.481 e. The van der Waals surface area contributed by atoms with Crippen molar-refractivity contribution in [2.45, 2.75) is 45.1 Å². The summed E-state index contributed by atoms with van der Waals surface area (Å²) < 4.78 is 4.85. The molecule has 1 aliphatic rings. The number of carbonyl (C=O) groups is 1. The van der Waals surface area contributed by atoms with Crippen LogP contribution in [0.2, 0.25) is 0 Å². The number of ether oxygens (including phenoxy) is 1. The molecule has 94 valence electrons. The summed E-state index contributed by atoms with van der Waals surface area (Å²) in [6, 6.07) is 0. The largest absolute Gasteiger partial charge is 0.481 e. The van der Waals surface area contributed by atoms with Crippen LogP contribution in [-0.2, 0) is 9.53 Å². The number of rotatable bonds is 5. The van der Waals surface area contributed by atoms with E-state index in [1.54, 1.807) is 0 Å². The van der Waals surface area contributed by atoms with Crippen LogP contribution in [0.25, 0.3) is 0 Å². The molecular formula is C12H22O4.